The lowest BCUT2D eigenvalue weighted by Crippen LogP contribution is -2.31. The molecule has 18 heavy (non-hydrogen) atoms. The van der Waals surface area contributed by atoms with Crippen molar-refractivity contribution in [1.29, 1.82) is 0 Å². The Labute approximate surface area is 117 Å². The van der Waals surface area contributed by atoms with Gasteiger partial charge < -0.3 is 10.1 Å². The lowest BCUT2D eigenvalue weighted by Gasteiger charge is -2.11. The third-order valence-corrected chi connectivity index (χ3v) is 3.26. The SMILES string of the molecule is COCC(Br)CNC(=O)c1ccc(C(C)C)cc1. The standard InChI is InChI=1S/C14H20BrNO2/c1-10(2)11-4-6-12(7-5-11)14(17)16-8-13(15)9-18-3/h4-7,10,13H,8-9H2,1-3H3,(H,16,17). The summed E-state index contributed by atoms with van der Waals surface area (Å²) in [5, 5.41) is 2.87. The highest BCUT2D eigenvalue weighted by Gasteiger charge is 2.09. The van der Waals surface area contributed by atoms with Gasteiger partial charge in [-0.15, -0.1) is 0 Å². The van der Waals surface area contributed by atoms with Gasteiger partial charge in [0.1, 0.15) is 0 Å². The molecule has 0 aliphatic heterocycles. The van der Waals surface area contributed by atoms with Crippen molar-refractivity contribution in [3.63, 3.8) is 0 Å². The third kappa shape index (κ3) is 4.78. The van der Waals surface area contributed by atoms with Crippen molar-refractivity contribution in [3.8, 4) is 0 Å². The zero-order valence-corrected chi connectivity index (χ0v) is 12.7. The summed E-state index contributed by atoms with van der Waals surface area (Å²) >= 11 is 3.43. The summed E-state index contributed by atoms with van der Waals surface area (Å²) in [6.07, 6.45) is 0. The Morgan fingerprint density at radius 2 is 1.94 bits per heavy atom. The summed E-state index contributed by atoms with van der Waals surface area (Å²) in [5.41, 5.74) is 1.93. The first-order chi connectivity index (χ1) is 8.54. The Hall–Kier alpha value is -0.870. The van der Waals surface area contributed by atoms with Crippen LogP contribution in [-0.4, -0.2) is 31.0 Å². The highest BCUT2D eigenvalue weighted by atomic mass is 79.9. The van der Waals surface area contributed by atoms with Gasteiger partial charge in [-0.05, 0) is 23.6 Å². The molecule has 3 nitrogen and oxygen atoms in total. The number of methoxy groups -OCH3 is 1. The van der Waals surface area contributed by atoms with Crippen LogP contribution in [0.25, 0.3) is 0 Å². The Kier molecular flexibility index (Phi) is 6.36. The van der Waals surface area contributed by atoms with E-state index in [0.29, 0.717) is 24.6 Å². The molecule has 0 aliphatic rings. The van der Waals surface area contributed by atoms with Crippen molar-refractivity contribution >= 4 is 21.8 Å². The van der Waals surface area contributed by atoms with E-state index in [1.165, 1.54) is 5.56 Å². The number of ether oxygens (including phenoxy) is 1. The molecule has 0 aromatic heterocycles. The molecule has 0 saturated carbocycles. The number of hydrogen-bond acceptors (Lipinski definition) is 2. The normalized spacial score (nSPS) is 12.5. The largest absolute Gasteiger partial charge is 0.383 e. The third-order valence-electron chi connectivity index (χ3n) is 2.67. The number of rotatable bonds is 6. The van der Waals surface area contributed by atoms with Crippen LogP contribution in [0.5, 0.6) is 0 Å². The van der Waals surface area contributed by atoms with Gasteiger partial charge in [-0.25, -0.2) is 0 Å². The second-order valence-corrected chi connectivity index (χ2v) is 5.83. The van der Waals surface area contributed by atoms with Crippen LogP contribution in [0.15, 0.2) is 24.3 Å². The first kappa shape index (κ1) is 15.2. The van der Waals surface area contributed by atoms with Crippen molar-refractivity contribution in [2.24, 2.45) is 0 Å². The molecule has 4 heteroatoms. The number of carbonyl (C=O) groups excluding carboxylic acids is 1. The average Bonchev–Trinajstić information content (AvgIpc) is 2.36. The first-order valence-corrected chi connectivity index (χ1v) is 6.97. The van der Waals surface area contributed by atoms with Gasteiger partial charge in [0.2, 0.25) is 0 Å². The molecule has 1 N–H and O–H groups in total. The Bertz CT molecular complexity index is 376. The second-order valence-electron chi connectivity index (χ2n) is 4.54. The minimum atomic E-state index is -0.0501. The van der Waals surface area contributed by atoms with Crippen molar-refractivity contribution in [2.75, 3.05) is 20.3 Å². The summed E-state index contributed by atoms with van der Waals surface area (Å²) in [6, 6.07) is 7.73. The molecule has 0 spiro atoms. The zero-order chi connectivity index (χ0) is 13.5. The van der Waals surface area contributed by atoms with Crippen LogP contribution >= 0.6 is 15.9 Å². The quantitative estimate of drug-likeness (QED) is 0.820. The summed E-state index contributed by atoms with van der Waals surface area (Å²) in [7, 11) is 1.64. The predicted molar refractivity (Wildman–Crippen MR) is 77.5 cm³/mol. The van der Waals surface area contributed by atoms with E-state index in [4.69, 9.17) is 4.74 Å². The Morgan fingerprint density at radius 1 is 1.33 bits per heavy atom. The number of benzene rings is 1. The second kappa shape index (κ2) is 7.54. The van der Waals surface area contributed by atoms with Crippen LogP contribution in [0.1, 0.15) is 35.7 Å². The number of hydrogen-bond donors (Lipinski definition) is 1. The maximum Gasteiger partial charge on any atom is 0.251 e. The summed E-state index contributed by atoms with van der Waals surface area (Å²) in [6.45, 7) is 5.40. The molecule has 0 saturated heterocycles. The number of amides is 1. The molecule has 1 rings (SSSR count). The average molecular weight is 314 g/mol. The molecule has 0 aliphatic carbocycles. The number of alkyl halides is 1. The van der Waals surface area contributed by atoms with Crippen LogP contribution in [0.2, 0.25) is 0 Å². The molecule has 0 bridgehead atoms. The van der Waals surface area contributed by atoms with Crippen molar-refractivity contribution < 1.29 is 9.53 Å². The van der Waals surface area contributed by atoms with Crippen LogP contribution in [0.3, 0.4) is 0 Å². The molecule has 1 atom stereocenters. The molecule has 0 heterocycles. The molecule has 1 amide bonds. The van der Waals surface area contributed by atoms with Gasteiger partial charge >= 0.3 is 0 Å². The predicted octanol–water partition coefficient (Wildman–Crippen LogP) is 2.95. The van der Waals surface area contributed by atoms with Crippen molar-refractivity contribution in [2.45, 2.75) is 24.6 Å². The highest BCUT2D eigenvalue weighted by molar-refractivity contribution is 9.09. The van der Waals surface area contributed by atoms with E-state index >= 15 is 0 Å². The lowest BCUT2D eigenvalue weighted by atomic mass is 10.0. The van der Waals surface area contributed by atoms with Gasteiger partial charge in [0.25, 0.3) is 5.91 Å². The van der Waals surface area contributed by atoms with E-state index in [-0.39, 0.29) is 10.7 Å². The lowest BCUT2D eigenvalue weighted by molar-refractivity contribution is 0.0950. The highest BCUT2D eigenvalue weighted by Crippen LogP contribution is 2.14. The smallest absolute Gasteiger partial charge is 0.251 e. The van der Waals surface area contributed by atoms with E-state index in [1.807, 2.05) is 24.3 Å². The Morgan fingerprint density at radius 3 is 2.44 bits per heavy atom. The molecule has 0 radical (unpaired) electrons. The summed E-state index contributed by atoms with van der Waals surface area (Å²) in [5.74, 6) is 0.432. The van der Waals surface area contributed by atoms with Gasteiger partial charge in [-0.3, -0.25) is 4.79 Å². The maximum absolute atomic E-state index is 11.9. The first-order valence-electron chi connectivity index (χ1n) is 6.05. The van der Waals surface area contributed by atoms with E-state index < -0.39 is 0 Å². The fourth-order valence-corrected chi connectivity index (χ4v) is 1.99. The minimum absolute atomic E-state index is 0.0501. The molecule has 100 valence electrons. The zero-order valence-electron chi connectivity index (χ0n) is 11.1. The molecular weight excluding hydrogens is 294 g/mol. The fourth-order valence-electron chi connectivity index (χ4n) is 1.56. The van der Waals surface area contributed by atoms with Gasteiger partial charge in [0.05, 0.1) is 11.4 Å². The van der Waals surface area contributed by atoms with Crippen LogP contribution in [0, 0.1) is 0 Å². The molecule has 0 fully saturated rings. The van der Waals surface area contributed by atoms with E-state index in [2.05, 4.69) is 35.1 Å². The maximum atomic E-state index is 11.9. The summed E-state index contributed by atoms with van der Waals surface area (Å²) in [4.78, 5) is 12.0. The van der Waals surface area contributed by atoms with Crippen molar-refractivity contribution in [3.05, 3.63) is 35.4 Å². The topological polar surface area (TPSA) is 38.3 Å². The van der Waals surface area contributed by atoms with Crippen LogP contribution < -0.4 is 5.32 Å². The van der Waals surface area contributed by atoms with Gasteiger partial charge in [-0.2, -0.15) is 0 Å². The molecule has 1 aromatic rings. The molecule has 1 aromatic carbocycles. The minimum Gasteiger partial charge on any atom is -0.383 e. The fraction of sp³-hybridized carbons (Fsp3) is 0.500. The number of halogens is 1. The van der Waals surface area contributed by atoms with E-state index in [0.717, 1.165) is 0 Å². The van der Waals surface area contributed by atoms with Gasteiger partial charge in [0.15, 0.2) is 0 Å². The monoisotopic (exact) mass is 313 g/mol. The van der Waals surface area contributed by atoms with Crippen LogP contribution in [0.4, 0.5) is 0 Å². The number of carbonyl (C=O) groups is 1. The number of nitrogens with one attached hydrogen (secondary N) is 1. The molecular formula is C14H20BrNO2. The van der Waals surface area contributed by atoms with Gasteiger partial charge in [0, 0.05) is 19.2 Å². The summed E-state index contributed by atoms with van der Waals surface area (Å²) < 4.78 is 4.99. The Balaban J connectivity index is 2.51. The van der Waals surface area contributed by atoms with Crippen molar-refractivity contribution in [1.82, 2.24) is 5.32 Å². The molecule has 1 unspecified atom stereocenters. The van der Waals surface area contributed by atoms with E-state index in [1.54, 1.807) is 7.11 Å². The van der Waals surface area contributed by atoms with Gasteiger partial charge in [-0.1, -0.05) is 41.9 Å². The van der Waals surface area contributed by atoms with E-state index in [9.17, 15) is 4.79 Å². The van der Waals surface area contributed by atoms with Crippen LogP contribution in [-0.2, 0) is 4.74 Å².